The number of nitrogens with one attached hydrogen (secondary N) is 1. The first-order chi connectivity index (χ1) is 10.3. The van der Waals surface area contributed by atoms with Crippen molar-refractivity contribution in [3.8, 4) is 0 Å². The molecule has 112 valence electrons. The van der Waals surface area contributed by atoms with E-state index >= 15 is 0 Å². The monoisotopic (exact) mass is 300 g/mol. The Morgan fingerprint density at radius 1 is 1.19 bits per heavy atom. The molecule has 3 unspecified atom stereocenters. The normalized spacial score (nSPS) is 27.9. The zero-order valence-corrected chi connectivity index (χ0v) is 13.5. The lowest BCUT2D eigenvalue weighted by Crippen LogP contribution is -2.45. The van der Waals surface area contributed by atoms with Crippen LogP contribution in [0.5, 0.6) is 0 Å². The van der Waals surface area contributed by atoms with E-state index in [-0.39, 0.29) is 0 Å². The van der Waals surface area contributed by atoms with Gasteiger partial charge in [-0.05, 0) is 50.2 Å². The van der Waals surface area contributed by atoms with Crippen molar-refractivity contribution in [2.45, 2.75) is 50.7 Å². The van der Waals surface area contributed by atoms with Crippen LogP contribution >= 0.6 is 11.3 Å². The van der Waals surface area contributed by atoms with Gasteiger partial charge in [-0.25, -0.2) is 0 Å². The van der Waals surface area contributed by atoms with E-state index < -0.39 is 0 Å². The SMILES string of the molecule is CC(NC1CCN2CCCCC12)c1cc2ccccc2s1. The lowest BCUT2D eigenvalue weighted by molar-refractivity contribution is 0.177. The third-order valence-corrected chi connectivity index (χ3v) is 6.49. The summed E-state index contributed by atoms with van der Waals surface area (Å²) in [5.41, 5.74) is 0. The van der Waals surface area contributed by atoms with Crippen LogP contribution in [0.1, 0.15) is 43.5 Å². The highest BCUT2D eigenvalue weighted by atomic mass is 32.1. The van der Waals surface area contributed by atoms with Gasteiger partial charge < -0.3 is 5.32 Å². The fraction of sp³-hybridized carbons (Fsp3) is 0.556. The lowest BCUT2D eigenvalue weighted by Gasteiger charge is -2.33. The van der Waals surface area contributed by atoms with Crippen LogP contribution in [0.4, 0.5) is 0 Å². The number of rotatable bonds is 3. The molecule has 3 heterocycles. The van der Waals surface area contributed by atoms with Crippen molar-refractivity contribution in [3.05, 3.63) is 35.2 Å². The maximum absolute atomic E-state index is 3.92. The lowest BCUT2D eigenvalue weighted by atomic mass is 9.98. The highest BCUT2D eigenvalue weighted by Crippen LogP contribution is 2.32. The molecule has 1 N–H and O–H groups in total. The van der Waals surface area contributed by atoms with Crippen molar-refractivity contribution in [2.24, 2.45) is 0 Å². The summed E-state index contributed by atoms with van der Waals surface area (Å²) in [6, 6.07) is 13.0. The first-order valence-corrected chi connectivity index (χ1v) is 9.11. The van der Waals surface area contributed by atoms with Gasteiger partial charge in [0.05, 0.1) is 0 Å². The third kappa shape index (κ3) is 2.63. The molecule has 1 aromatic heterocycles. The number of piperidine rings is 1. The number of hydrogen-bond acceptors (Lipinski definition) is 3. The zero-order valence-electron chi connectivity index (χ0n) is 12.7. The van der Waals surface area contributed by atoms with Gasteiger partial charge in [0.15, 0.2) is 0 Å². The van der Waals surface area contributed by atoms with Gasteiger partial charge in [0, 0.05) is 34.2 Å². The standard InChI is InChI=1S/C18H24N2S/c1-13(18-12-14-6-2-3-8-17(14)21-18)19-15-9-11-20-10-5-4-7-16(15)20/h2-3,6,8,12-13,15-16,19H,4-5,7,9-11H2,1H3. The van der Waals surface area contributed by atoms with Crippen LogP contribution in [0, 0.1) is 0 Å². The van der Waals surface area contributed by atoms with Crippen molar-refractivity contribution in [2.75, 3.05) is 13.1 Å². The second-order valence-corrected chi connectivity index (χ2v) is 7.68. The highest BCUT2D eigenvalue weighted by Gasteiger charge is 2.35. The van der Waals surface area contributed by atoms with E-state index in [0.29, 0.717) is 12.1 Å². The van der Waals surface area contributed by atoms with Crippen LogP contribution in [0.2, 0.25) is 0 Å². The van der Waals surface area contributed by atoms with Crippen LogP contribution in [0.25, 0.3) is 10.1 Å². The van der Waals surface area contributed by atoms with E-state index in [1.165, 1.54) is 53.7 Å². The average Bonchev–Trinajstić information content (AvgIpc) is 3.11. The fourth-order valence-electron chi connectivity index (χ4n) is 4.06. The molecule has 0 saturated carbocycles. The maximum Gasteiger partial charge on any atom is 0.0389 e. The summed E-state index contributed by atoms with van der Waals surface area (Å²) >= 11 is 1.94. The largest absolute Gasteiger partial charge is 0.305 e. The minimum atomic E-state index is 0.467. The van der Waals surface area contributed by atoms with E-state index in [9.17, 15) is 0 Å². The second kappa shape index (κ2) is 5.71. The Kier molecular flexibility index (Phi) is 3.74. The Bertz CT molecular complexity index is 587. The second-order valence-electron chi connectivity index (χ2n) is 6.57. The molecule has 2 saturated heterocycles. The molecule has 1 aromatic carbocycles. The molecule has 4 rings (SSSR count). The number of thiophene rings is 1. The summed E-state index contributed by atoms with van der Waals surface area (Å²) in [4.78, 5) is 4.18. The summed E-state index contributed by atoms with van der Waals surface area (Å²) in [6.07, 6.45) is 5.52. The Labute approximate surface area is 131 Å². The highest BCUT2D eigenvalue weighted by molar-refractivity contribution is 7.19. The van der Waals surface area contributed by atoms with Gasteiger partial charge >= 0.3 is 0 Å². The zero-order chi connectivity index (χ0) is 14.2. The first kappa shape index (κ1) is 13.7. The van der Waals surface area contributed by atoms with Gasteiger partial charge in [-0.3, -0.25) is 4.90 Å². The van der Waals surface area contributed by atoms with E-state index in [1.54, 1.807) is 0 Å². The van der Waals surface area contributed by atoms with Gasteiger partial charge in [-0.15, -0.1) is 11.3 Å². The molecule has 2 aliphatic heterocycles. The summed E-state index contributed by atoms with van der Waals surface area (Å²) in [5, 5.41) is 5.31. The van der Waals surface area contributed by atoms with E-state index in [4.69, 9.17) is 0 Å². The van der Waals surface area contributed by atoms with Crippen LogP contribution < -0.4 is 5.32 Å². The molecule has 2 aromatic rings. The molecule has 21 heavy (non-hydrogen) atoms. The molecule has 3 heteroatoms. The number of fused-ring (bicyclic) bond motifs is 2. The molecule has 0 radical (unpaired) electrons. The molecule has 2 fully saturated rings. The van der Waals surface area contributed by atoms with Gasteiger partial charge in [0.25, 0.3) is 0 Å². The minimum Gasteiger partial charge on any atom is -0.305 e. The fourth-order valence-corrected chi connectivity index (χ4v) is 5.14. The molecule has 0 spiro atoms. The van der Waals surface area contributed by atoms with Crippen LogP contribution in [-0.2, 0) is 0 Å². The number of nitrogens with zero attached hydrogens (tertiary/aromatic N) is 1. The van der Waals surface area contributed by atoms with Crippen molar-refractivity contribution in [1.82, 2.24) is 10.2 Å². The molecular weight excluding hydrogens is 276 g/mol. The van der Waals surface area contributed by atoms with Crippen LogP contribution in [0.3, 0.4) is 0 Å². The van der Waals surface area contributed by atoms with E-state index in [2.05, 4.69) is 47.5 Å². The van der Waals surface area contributed by atoms with Gasteiger partial charge in [0.1, 0.15) is 0 Å². The summed E-state index contributed by atoms with van der Waals surface area (Å²) in [6.45, 7) is 4.94. The maximum atomic E-state index is 3.92. The Balaban J connectivity index is 1.48. The third-order valence-electron chi connectivity index (χ3n) is 5.19. The molecule has 0 aliphatic carbocycles. The molecule has 0 amide bonds. The van der Waals surface area contributed by atoms with Crippen LogP contribution in [0.15, 0.2) is 30.3 Å². The number of benzene rings is 1. The van der Waals surface area contributed by atoms with Gasteiger partial charge in [-0.1, -0.05) is 24.6 Å². The molecule has 3 atom stereocenters. The number of hydrogen-bond donors (Lipinski definition) is 1. The predicted octanol–water partition coefficient (Wildman–Crippen LogP) is 4.18. The van der Waals surface area contributed by atoms with E-state index in [1.807, 2.05) is 11.3 Å². The predicted molar refractivity (Wildman–Crippen MR) is 91.0 cm³/mol. The quantitative estimate of drug-likeness (QED) is 0.915. The topological polar surface area (TPSA) is 15.3 Å². The molecule has 0 bridgehead atoms. The summed E-state index contributed by atoms with van der Waals surface area (Å²) < 4.78 is 1.41. The van der Waals surface area contributed by atoms with Crippen molar-refractivity contribution in [3.63, 3.8) is 0 Å². The van der Waals surface area contributed by atoms with Crippen molar-refractivity contribution < 1.29 is 0 Å². The minimum absolute atomic E-state index is 0.467. The van der Waals surface area contributed by atoms with Gasteiger partial charge in [-0.2, -0.15) is 0 Å². The smallest absolute Gasteiger partial charge is 0.0389 e. The Morgan fingerprint density at radius 3 is 3.00 bits per heavy atom. The summed E-state index contributed by atoms with van der Waals surface area (Å²) in [5.74, 6) is 0. The Morgan fingerprint density at radius 2 is 2.10 bits per heavy atom. The van der Waals surface area contributed by atoms with Crippen LogP contribution in [-0.4, -0.2) is 30.1 Å². The summed E-state index contributed by atoms with van der Waals surface area (Å²) in [7, 11) is 0. The average molecular weight is 300 g/mol. The van der Waals surface area contributed by atoms with Crippen molar-refractivity contribution >= 4 is 21.4 Å². The van der Waals surface area contributed by atoms with Crippen molar-refractivity contribution in [1.29, 1.82) is 0 Å². The Hall–Kier alpha value is -0.900. The van der Waals surface area contributed by atoms with E-state index in [0.717, 1.165) is 6.04 Å². The van der Waals surface area contributed by atoms with Gasteiger partial charge in [0.2, 0.25) is 0 Å². The first-order valence-electron chi connectivity index (χ1n) is 8.30. The molecular formula is C18H24N2S. The molecule has 2 aliphatic rings. The molecule has 2 nitrogen and oxygen atoms in total.